The highest BCUT2D eigenvalue weighted by molar-refractivity contribution is 5.84. The largest absolute Gasteiger partial charge is 0.480 e. The molecule has 1 heterocycles. The van der Waals surface area contributed by atoms with Crippen LogP contribution in [0.3, 0.4) is 0 Å². The lowest BCUT2D eigenvalue weighted by molar-refractivity contribution is -0.138. The second-order valence-electron chi connectivity index (χ2n) is 3.83. The minimum atomic E-state index is -0.961. The number of unbranched alkanes of at least 4 members (excludes halogenated alkanes) is 2. The zero-order valence-corrected chi connectivity index (χ0v) is 8.65. The molecule has 86 valence electrons. The van der Waals surface area contributed by atoms with Gasteiger partial charge in [0.05, 0.1) is 6.61 Å². The molecule has 1 fully saturated rings. The second kappa shape index (κ2) is 5.82. The Bertz CT molecular complexity index is 238. The summed E-state index contributed by atoms with van der Waals surface area (Å²) in [6, 6.07) is -0.771. The van der Waals surface area contributed by atoms with Crippen molar-refractivity contribution in [3.05, 3.63) is 0 Å². The first-order chi connectivity index (χ1) is 7.11. The van der Waals surface area contributed by atoms with Gasteiger partial charge < -0.3 is 15.6 Å². The summed E-state index contributed by atoms with van der Waals surface area (Å²) >= 11 is 0. The van der Waals surface area contributed by atoms with Gasteiger partial charge in [0.15, 0.2) is 5.78 Å². The zero-order chi connectivity index (χ0) is 11.3. The number of carboxylic acid groups (broad SMARTS) is 1. The zero-order valence-electron chi connectivity index (χ0n) is 8.65. The molecular formula is C10H17NO4. The molecule has 1 rings (SSSR count). The SMILES string of the molecule is N[C@@H](CCCCCC(=O)[C@@H]1CO1)C(=O)O. The summed E-state index contributed by atoms with van der Waals surface area (Å²) in [6.07, 6.45) is 3.26. The number of carboxylic acids is 1. The van der Waals surface area contributed by atoms with Gasteiger partial charge in [-0.2, -0.15) is 0 Å². The highest BCUT2D eigenvalue weighted by Crippen LogP contribution is 2.14. The van der Waals surface area contributed by atoms with Gasteiger partial charge in [0, 0.05) is 6.42 Å². The van der Waals surface area contributed by atoms with Crippen LogP contribution in [0.15, 0.2) is 0 Å². The van der Waals surface area contributed by atoms with Gasteiger partial charge in [-0.1, -0.05) is 12.8 Å². The molecule has 0 bridgehead atoms. The first-order valence-corrected chi connectivity index (χ1v) is 5.24. The summed E-state index contributed by atoms with van der Waals surface area (Å²) in [6.45, 7) is 0.572. The molecule has 0 saturated carbocycles. The third-order valence-corrected chi connectivity index (χ3v) is 2.45. The number of hydrogen-bond acceptors (Lipinski definition) is 4. The van der Waals surface area contributed by atoms with Crippen molar-refractivity contribution in [1.29, 1.82) is 0 Å². The standard InChI is InChI=1S/C10H17NO4/c11-7(10(13)14)4-2-1-3-5-8(12)9-6-15-9/h7,9H,1-6,11H2,(H,13,14)/t7-,9-/m0/s1. The molecule has 3 N–H and O–H groups in total. The van der Waals surface area contributed by atoms with Crippen molar-refractivity contribution in [3.63, 3.8) is 0 Å². The number of epoxide rings is 1. The van der Waals surface area contributed by atoms with E-state index in [9.17, 15) is 9.59 Å². The van der Waals surface area contributed by atoms with Crippen molar-refractivity contribution in [2.75, 3.05) is 6.61 Å². The molecule has 0 amide bonds. The molecule has 1 aliphatic rings. The van der Waals surface area contributed by atoms with Crippen molar-refractivity contribution >= 4 is 11.8 Å². The lowest BCUT2D eigenvalue weighted by Crippen LogP contribution is -2.29. The normalized spacial score (nSPS) is 21.0. The van der Waals surface area contributed by atoms with E-state index >= 15 is 0 Å². The van der Waals surface area contributed by atoms with E-state index in [0.29, 0.717) is 19.4 Å². The van der Waals surface area contributed by atoms with Crippen LogP contribution in [0, 0.1) is 0 Å². The van der Waals surface area contributed by atoms with Crippen LogP contribution in [-0.2, 0) is 14.3 Å². The molecule has 0 spiro atoms. The van der Waals surface area contributed by atoms with Gasteiger partial charge >= 0.3 is 5.97 Å². The molecule has 0 unspecified atom stereocenters. The number of nitrogens with two attached hydrogens (primary N) is 1. The van der Waals surface area contributed by atoms with E-state index in [0.717, 1.165) is 19.3 Å². The van der Waals surface area contributed by atoms with Gasteiger partial charge in [-0.25, -0.2) is 0 Å². The molecule has 0 aromatic heterocycles. The summed E-state index contributed by atoms with van der Waals surface area (Å²) in [7, 11) is 0. The van der Waals surface area contributed by atoms with Gasteiger partial charge in [-0.05, 0) is 12.8 Å². The number of ketones is 1. The fourth-order valence-electron chi connectivity index (χ4n) is 1.36. The van der Waals surface area contributed by atoms with Crippen molar-refractivity contribution in [2.45, 2.75) is 44.2 Å². The van der Waals surface area contributed by atoms with Crippen LogP contribution in [0.1, 0.15) is 32.1 Å². The van der Waals surface area contributed by atoms with E-state index in [-0.39, 0.29) is 11.9 Å². The average Bonchev–Trinajstić information content (AvgIpc) is 2.99. The van der Waals surface area contributed by atoms with Crippen LogP contribution >= 0.6 is 0 Å². The molecule has 15 heavy (non-hydrogen) atoms. The van der Waals surface area contributed by atoms with Gasteiger partial charge in [-0.15, -0.1) is 0 Å². The Kier molecular flexibility index (Phi) is 4.71. The van der Waals surface area contributed by atoms with Crippen LogP contribution in [0.4, 0.5) is 0 Å². The summed E-state index contributed by atoms with van der Waals surface area (Å²) < 4.78 is 4.85. The van der Waals surface area contributed by atoms with E-state index in [4.69, 9.17) is 15.6 Å². The number of hydrogen-bond donors (Lipinski definition) is 2. The molecule has 1 aliphatic heterocycles. The Hall–Kier alpha value is -0.940. The number of aliphatic carboxylic acids is 1. The second-order valence-corrected chi connectivity index (χ2v) is 3.83. The monoisotopic (exact) mass is 215 g/mol. The first kappa shape index (κ1) is 12.1. The number of ether oxygens (including phenoxy) is 1. The number of carbonyl (C=O) groups is 2. The lowest BCUT2D eigenvalue weighted by atomic mass is 10.1. The van der Waals surface area contributed by atoms with Crippen molar-refractivity contribution in [1.82, 2.24) is 0 Å². The van der Waals surface area contributed by atoms with Crippen molar-refractivity contribution in [2.24, 2.45) is 5.73 Å². The Morgan fingerprint density at radius 1 is 1.40 bits per heavy atom. The molecular weight excluding hydrogens is 198 g/mol. The Morgan fingerprint density at radius 2 is 2.07 bits per heavy atom. The van der Waals surface area contributed by atoms with Crippen LogP contribution in [0.25, 0.3) is 0 Å². The van der Waals surface area contributed by atoms with Crippen LogP contribution in [-0.4, -0.2) is 35.6 Å². The Balaban J connectivity index is 1.92. The molecule has 0 aliphatic carbocycles. The summed E-state index contributed by atoms with van der Waals surface area (Å²) in [5.74, 6) is -0.796. The molecule has 0 aromatic rings. The van der Waals surface area contributed by atoms with Gasteiger partial charge in [0.2, 0.25) is 0 Å². The number of rotatable bonds is 8. The van der Waals surface area contributed by atoms with Crippen molar-refractivity contribution in [3.8, 4) is 0 Å². The molecule has 2 atom stereocenters. The predicted molar refractivity (Wildman–Crippen MR) is 53.4 cm³/mol. The predicted octanol–water partition coefficient (Wildman–Crippen LogP) is 0.317. The van der Waals surface area contributed by atoms with E-state index in [1.54, 1.807) is 0 Å². The third kappa shape index (κ3) is 4.90. The smallest absolute Gasteiger partial charge is 0.320 e. The van der Waals surface area contributed by atoms with E-state index in [1.165, 1.54) is 0 Å². The quantitative estimate of drug-likeness (QED) is 0.449. The topological polar surface area (TPSA) is 92.9 Å². The summed E-state index contributed by atoms with van der Waals surface area (Å²) in [5.41, 5.74) is 5.33. The third-order valence-electron chi connectivity index (χ3n) is 2.45. The Morgan fingerprint density at radius 3 is 2.60 bits per heavy atom. The fourth-order valence-corrected chi connectivity index (χ4v) is 1.36. The van der Waals surface area contributed by atoms with Gasteiger partial charge in [-0.3, -0.25) is 9.59 Å². The van der Waals surface area contributed by atoms with Crippen LogP contribution < -0.4 is 5.73 Å². The first-order valence-electron chi connectivity index (χ1n) is 5.24. The van der Waals surface area contributed by atoms with E-state index in [1.807, 2.05) is 0 Å². The van der Waals surface area contributed by atoms with Crippen LogP contribution in [0.2, 0.25) is 0 Å². The molecule has 0 aromatic carbocycles. The lowest BCUT2D eigenvalue weighted by Gasteiger charge is -2.04. The van der Waals surface area contributed by atoms with E-state index < -0.39 is 12.0 Å². The van der Waals surface area contributed by atoms with Gasteiger partial charge in [0.25, 0.3) is 0 Å². The molecule has 5 heteroatoms. The Labute approximate surface area is 88.6 Å². The average molecular weight is 215 g/mol. The van der Waals surface area contributed by atoms with E-state index in [2.05, 4.69) is 0 Å². The maximum absolute atomic E-state index is 11.2. The molecule has 5 nitrogen and oxygen atoms in total. The highest BCUT2D eigenvalue weighted by atomic mass is 16.6. The minimum Gasteiger partial charge on any atom is -0.480 e. The fraction of sp³-hybridized carbons (Fsp3) is 0.800. The summed E-state index contributed by atoms with van der Waals surface area (Å²) in [5, 5.41) is 8.51. The van der Waals surface area contributed by atoms with Gasteiger partial charge in [0.1, 0.15) is 12.1 Å². The summed E-state index contributed by atoms with van der Waals surface area (Å²) in [4.78, 5) is 21.5. The molecule has 0 radical (unpaired) electrons. The van der Waals surface area contributed by atoms with Crippen molar-refractivity contribution < 1.29 is 19.4 Å². The minimum absolute atomic E-state index is 0.147. The maximum Gasteiger partial charge on any atom is 0.320 e. The maximum atomic E-state index is 11.2. The highest BCUT2D eigenvalue weighted by Gasteiger charge is 2.29. The van der Waals surface area contributed by atoms with Crippen LogP contribution in [0.5, 0.6) is 0 Å². The number of carbonyl (C=O) groups excluding carboxylic acids is 1. The number of Topliss-reactive ketones (excluding diaryl/α,β-unsaturated/α-hetero) is 1. The molecule has 1 saturated heterocycles.